The van der Waals surface area contributed by atoms with Crippen LogP contribution in [0.5, 0.6) is 5.88 Å². The van der Waals surface area contributed by atoms with Gasteiger partial charge in [0.1, 0.15) is 5.52 Å². The van der Waals surface area contributed by atoms with E-state index in [9.17, 15) is 4.21 Å². The van der Waals surface area contributed by atoms with Crippen LogP contribution in [0, 0.1) is 4.78 Å². The Balaban J connectivity index is 2.00. The summed E-state index contributed by atoms with van der Waals surface area (Å²) in [5.41, 5.74) is 2.38. The lowest BCUT2D eigenvalue weighted by Crippen LogP contribution is -1.95. The maximum atomic E-state index is 11.1. The van der Waals surface area contributed by atoms with Crippen LogP contribution in [-0.4, -0.2) is 17.1 Å². The smallest absolute Gasteiger partial charge is 0.240 e. The summed E-state index contributed by atoms with van der Waals surface area (Å²) in [4.78, 5) is 8.90. The SMILES string of the molecule is COc1nccc2c(Nc3ccc([S-](=N)=O)cc3)ccnc12. The van der Waals surface area contributed by atoms with Crippen molar-refractivity contribution in [2.24, 2.45) is 0 Å². The first-order chi connectivity index (χ1) is 10.7. The van der Waals surface area contributed by atoms with E-state index in [4.69, 9.17) is 9.52 Å². The van der Waals surface area contributed by atoms with Gasteiger partial charge in [-0.2, -0.15) is 10.6 Å². The van der Waals surface area contributed by atoms with Gasteiger partial charge in [-0.05, 0) is 24.3 Å². The molecule has 0 amide bonds. The maximum absolute atomic E-state index is 11.1. The molecule has 0 aliphatic rings. The number of benzene rings is 1. The second-order valence-corrected chi connectivity index (χ2v) is 5.50. The molecule has 0 spiro atoms. The van der Waals surface area contributed by atoms with Crippen molar-refractivity contribution in [1.82, 2.24) is 9.97 Å². The molecule has 22 heavy (non-hydrogen) atoms. The summed E-state index contributed by atoms with van der Waals surface area (Å²) >= 11 is 0. The molecule has 0 aliphatic heterocycles. The molecule has 0 aliphatic carbocycles. The molecule has 3 rings (SSSR count). The fourth-order valence-corrected chi connectivity index (χ4v) is 2.51. The van der Waals surface area contributed by atoms with Gasteiger partial charge in [-0.1, -0.05) is 17.0 Å². The van der Waals surface area contributed by atoms with Crippen LogP contribution in [-0.2, 0) is 14.8 Å². The standard InChI is InChI=1S/C15H13N4O2S/c1-21-15-14-12(6-8-18-15)13(7-9-17-14)19-10-2-4-11(5-3-10)22(16)20/h2-9,16H,1H3,(H,17,19)/q-1. The molecular formula is C15H13N4O2S-. The first kappa shape index (κ1) is 14.3. The molecule has 2 N–H and O–H groups in total. The van der Waals surface area contributed by atoms with E-state index in [1.165, 1.54) is 0 Å². The first-order valence-corrected chi connectivity index (χ1v) is 7.62. The van der Waals surface area contributed by atoms with Gasteiger partial charge in [-0.15, -0.1) is 0 Å². The quantitative estimate of drug-likeness (QED) is 0.720. The molecule has 112 valence electrons. The minimum Gasteiger partial charge on any atom is -0.479 e. The van der Waals surface area contributed by atoms with Crippen molar-refractivity contribution >= 4 is 32.9 Å². The van der Waals surface area contributed by atoms with E-state index in [0.29, 0.717) is 16.3 Å². The minimum atomic E-state index is -1.72. The number of rotatable bonds is 4. The Labute approximate surface area is 129 Å². The number of methoxy groups -OCH3 is 1. The molecular weight excluding hydrogens is 300 g/mol. The van der Waals surface area contributed by atoms with Crippen molar-refractivity contribution in [3.63, 3.8) is 0 Å². The first-order valence-electron chi connectivity index (χ1n) is 6.47. The summed E-state index contributed by atoms with van der Waals surface area (Å²) < 4.78 is 23.5. The highest BCUT2D eigenvalue weighted by atomic mass is 32.2. The number of ether oxygens (including phenoxy) is 1. The molecule has 2 aromatic heterocycles. The molecule has 3 aromatic rings. The lowest BCUT2D eigenvalue weighted by Gasteiger charge is -2.11. The molecule has 0 radical (unpaired) electrons. The highest BCUT2D eigenvalue weighted by Crippen LogP contribution is 2.29. The van der Waals surface area contributed by atoms with Crippen molar-refractivity contribution in [1.29, 1.82) is 4.78 Å². The Kier molecular flexibility index (Phi) is 3.88. The van der Waals surface area contributed by atoms with E-state index >= 15 is 0 Å². The molecule has 0 unspecified atom stereocenters. The molecule has 0 bridgehead atoms. The third-order valence-electron chi connectivity index (χ3n) is 3.17. The highest BCUT2D eigenvalue weighted by molar-refractivity contribution is 7.73. The number of hydrogen-bond acceptors (Lipinski definition) is 7. The van der Waals surface area contributed by atoms with E-state index in [0.717, 1.165) is 16.8 Å². The van der Waals surface area contributed by atoms with Crippen molar-refractivity contribution in [3.8, 4) is 5.88 Å². The van der Waals surface area contributed by atoms with Crippen molar-refractivity contribution in [2.45, 2.75) is 4.90 Å². The molecule has 6 nitrogen and oxygen atoms in total. The van der Waals surface area contributed by atoms with Gasteiger partial charge in [0.15, 0.2) is 0 Å². The predicted molar refractivity (Wildman–Crippen MR) is 84.9 cm³/mol. The van der Waals surface area contributed by atoms with Crippen LogP contribution in [0.15, 0.2) is 53.7 Å². The van der Waals surface area contributed by atoms with Gasteiger partial charge >= 0.3 is 0 Å². The average molecular weight is 313 g/mol. The number of pyridine rings is 2. The largest absolute Gasteiger partial charge is 0.479 e. The topological polar surface area (TPSA) is 88.0 Å². The summed E-state index contributed by atoms with van der Waals surface area (Å²) in [7, 11) is -0.164. The highest BCUT2D eigenvalue weighted by Gasteiger charge is 2.07. The molecule has 0 saturated heterocycles. The van der Waals surface area contributed by atoms with Crippen LogP contribution in [0.1, 0.15) is 0 Å². The van der Waals surface area contributed by atoms with Crippen LogP contribution in [0.25, 0.3) is 10.9 Å². The van der Waals surface area contributed by atoms with Crippen molar-refractivity contribution < 1.29 is 8.95 Å². The van der Waals surface area contributed by atoms with E-state index in [-0.39, 0.29) is 0 Å². The third kappa shape index (κ3) is 2.71. The van der Waals surface area contributed by atoms with Gasteiger partial charge < -0.3 is 19.0 Å². The Hall–Kier alpha value is -2.67. The molecule has 1 aromatic carbocycles. The molecule has 2 heterocycles. The zero-order valence-corrected chi connectivity index (χ0v) is 12.6. The number of hydrogen-bond donors (Lipinski definition) is 2. The van der Waals surface area contributed by atoms with Crippen LogP contribution in [0.4, 0.5) is 11.4 Å². The lowest BCUT2D eigenvalue weighted by molar-refractivity contribution is 0.402. The second-order valence-electron chi connectivity index (χ2n) is 4.49. The number of nitrogens with zero attached hydrogens (tertiary/aromatic N) is 2. The van der Waals surface area contributed by atoms with Gasteiger partial charge in [0.25, 0.3) is 0 Å². The zero-order chi connectivity index (χ0) is 15.5. The minimum absolute atomic E-state index is 0.469. The van der Waals surface area contributed by atoms with Gasteiger partial charge in [-0.3, -0.25) is 4.98 Å². The fourth-order valence-electron chi connectivity index (χ4n) is 2.13. The number of nitrogens with one attached hydrogen (secondary N) is 2. The maximum Gasteiger partial charge on any atom is 0.240 e. The second kappa shape index (κ2) is 5.98. The Morgan fingerprint density at radius 3 is 2.50 bits per heavy atom. The van der Waals surface area contributed by atoms with E-state index in [1.54, 1.807) is 43.8 Å². The Bertz CT molecular complexity index is 884. The van der Waals surface area contributed by atoms with Crippen LogP contribution in [0.2, 0.25) is 0 Å². The zero-order valence-electron chi connectivity index (χ0n) is 11.7. The fraction of sp³-hybridized carbons (Fsp3) is 0.0667. The number of aromatic nitrogens is 2. The molecule has 0 atom stereocenters. The third-order valence-corrected chi connectivity index (χ3v) is 3.87. The summed E-state index contributed by atoms with van der Waals surface area (Å²) in [6.45, 7) is 0. The Morgan fingerprint density at radius 1 is 1.09 bits per heavy atom. The summed E-state index contributed by atoms with van der Waals surface area (Å²) in [6, 6.07) is 10.6. The van der Waals surface area contributed by atoms with E-state index in [1.807, 2.05) is 12.1 Å². The monoisotopic (exact) mass is 313 g/mol. The van der Waals surface area contributed by atoms with E-state index < -0.39 is 10.6 Å². The van der Waals surface area contributed by atoms with Crippen molar-refractivity contribution in [3.05, 3.63) is 48.8 Å². The van der Waals surface area contributed by atoms with Crippen molar-refractivity contribution in [2.75, 3.05) is 12.4 Å². The van der Waals surface area contributed by atoms with Gasteiger partial charge in [0.05, 0.1) is 7.11 Å². The summed E-state index contributed by atoms with van der Waals surface area (Å²) in [5, 5.41) is 4.17. The van der Waals surface area contributed by atoms with Gasteiger partial charge in [-0.25, -0.2) is 4.98 Å². The average Bonchev–Trinajstić information content (AvgIpc) is 2.55. The molecule has 0 saturated carbocycles. The molecule has 7 heteroatoms. The lowest BCUT2D eigenvalue weighted by atomic mass is 10.2. The number of fused-ring (bicyclic) bond motifs is 1. The normalized spacial score (nSPS) is 10.8. The van der Waals surface area contributed by atoms with Gasteiger partial charge in [0.2, 0.25) is 5.88 Å². The molecule has 0 fully saturated rings. The predicted octanol–water partition coefficient (Wildman–Crippen LogP) is 3.47. The Morgan fingerprint density at radius 2 is 1.82 bits per heavy atom. The van der Waals surface area contributed by atoms with Crippen LogP contribution in [0.3, 0.4) is 0 Å². The number of anilines is 2. The van der Waals surface area contributed by atoms with Crippen LogP contribution < -0.4 is 10.1 Å². The summed E-state index contributed by atoms with van der Waals surface area (Å²) in [5.74, 6) is 0.473. The van der Waals surface area contributed by atoms with Gasteiger partial charge in [0, 0.05) is 29.2 Å². The van der Waals surface area contributed by atoms with E-state index in [2.05, 4.69) is 15.3 Å². The van der Waals surface area contributed by atoms with Crippen LogP contribution >= 0.6 is 0 Å². The summed E-state index contributed by atoms with van der Waals surface area (Å²) in [6.07, 6.45) is 3.35.